The topological polar surface area (TPSA) is 12.0 Å². The van der Waals surface area contributed by atoms with Crippen LogP contribution in [-0.4, -0.2) is 13.6 Å². The molecule has 2 bridgehead atoms. The number of halogens is 1. The molecule has 0 aliphatic heterocycles. The van der Waals surface area contributed by atoms with Gasteiger partial charge >= 0.3 is 0 Å². The molecular formula is C14H18FN. The van der Waals surface area contributed by atoms with Gasteiger partial charge in [0.25, 0.3) is 0 Å². The molecule has 86 valence electrons. The molecule has 2 heteroatoms. The van der Waals surface area contributed by atoms with Gasteiger partial charge in [-0.05, 0) is 61.3 Å². The zero-order valence-corrected chi connectivity index (χ0v) is 9.94. The van der Waals surface area contributed by atoms with Gasteiger partial charge < -0.3 is 5.32 Å². The van der Waals surface area contributed by atoms with E-state index in [1.807, 2.05) is 26.1 Å². The van der Waals surface area contributed by atoms with Crippen LogP contribution in [0.5, 0.6) is 0 Å². The van der Waals surface area contributed by atoms with Gasteiger partial charge in [0.1, 0.15) is 5.82 Å². The maximum atomic E-state index is 13.2. The summed E-state index contributed by atoms with van der Waals surface area (Å²) in [5.41, 5.74) is 3.10. The summed E-state index contributed by atoms with van der Waals surface area (Å²) in [6.07, 6.45) is 3.85. The van der Waals surface area contributed by atoms with Crippen molar-refractivity contribution in [2.24, 2.45) is 5.41 Å². The predicted molar refractivity (Wildman–Crippen MR) is 63.0 cm³/mol. The Kier molecular flexibility index (Phi) is 1.97. The zero-order valence-electron chi connectivity index (χ0n) is 9.94. The van der Waals surface area contributed by atoms with E-state index >= 15 is 0 Å². The van der Waals surface area contributed by atoms with Crippen molar-refractivity contribution >= 4 is 0 Å². The van der Waals surface area contributed by atoms with Crippen molar-refractivity contribution in [1.29, 1.82) is 0 Å². The third-order valence-corrected chi connectivity index (χ3v) is 4.46. The standard InChI is InChI=1S/C14H18FN/c1-10-5-11(3-4-12(10)15)14-6-13(7-14,8-14)9-16-2/h3-5,16H,6-9H2,1-2H3. The molecule has 3 aliphatic rings. The van der Waals surface area contributed by atoms with Crippen molar-refractivity contribution in [2.75, 3.05) is 13.6 Å². The van der Waals surface area contributed by atoms with Gasteiger partial charge in [0.05, 0.1) is 0 Å². The molecular weight excluding hydrogens is 201 g/mol. The molecule has 0 atom stereocenters. The molecule has 1 nitrogen and oxygen atoms in total. The summed E-state index contributed by atoms with van der Waals surface area (Å²) in [6, 6.07) is 5.64. The Morgan fingerprint density at radius 1 is 1.31 bits per heavy atom. The van der Waals surface area contributed by atoms with E-state index in [2.05, 4.69) is 5.32 Å². The Hall–Kier alpha value is -0.890. The highest BCUT2D eigenvalue weighted by Crippen LogP contribution is 2.73. The molecule has 1 N–H and O–H groups in total. The SMILES string of the molecule is CNCC12CC(c3ccc(F)c(C)c3)(C1)C2. The summed E-state index contributed by atoms with van der Waals surface area (Å²) >= 11 is 0. The fraction of sp³-hybridized carbons (Fsp3) is 0.571. The van der Waals surface area contributed by atoms with Gasteiger partial charge in [-0.25, -0.2) is 4.39 Å². The van der Waals surface area contributed by atoms with Crippen LogP contribution in [0.2, 0.25) is 0 Å². The van der Waals surface area contributed by atoms with Crippen molar-refractivity contribution in [3.63, 3.8) is 0 Å². The Labute approximate surface area is 96.1 Å². The highest BCUT2D eigenvalue weighted by molar-refractivity contribution is 5.40. The van der Waals surface area contributed by atoms with Gasteiger partial charge in [-0.3, -0.25) is 0 Å². The van der Waals surface area contributed by atoms with Crippen molar-refractivity contribution < 1.29 is 4.39 Å². The van der Waals surface area contributed by atoms with Crippen LogP contribution in [0, 0.1) is 18.2 Å². The van der Waals surface area contributed by atoms with E-state index in [4.69, 9.17) is 0 Å². The number of hydrogen-bond acceptors (Lipinski definition) is 1. The van der Waals surface area contributed by atoms with Crippen LogP contribution in [0.25, 0.3) is 0 Å². The Morgan fingerprint density at radius 2 is 2.00 bits per heavy atom. The Bertz CT molecular complexity index is 419. The van der Waals surface area contributed by atoms with Gasteiger partial charge in [-0.15, -0.1) is 0 Å². The minimum Gasteiger partial charge on any atom is -0.319 e. The summed E-state index contributed by atoms with van der Waals surface area (Å²) in [4.78, 5) is 0. The van der Waals surface area contributed by atoms with E-state index in [0.29, 0.717) is 10.8 Å². The lowest BCUT2D eigenvalue weighted by molar-refractivity contribution is -0.137. The van der Waals surface area contributed by atoms with Gasteiger partial charge in [-0.1, -0.05) is 12.1 Å². The molecule has 16 heavy (non-hydrogen) atoms. The number of rotatable bonds is 3. The highest BCUT2D eigenvalue weighted by atomic mass is 19.1. The first-order valence-electron chi connectivity index (χ1n) is 6.01. The van der Waals surface area contributed by atoms with Crippen molar-refractivity contribution in [1.82, 2.24) is 5.32 Å². The summed E-state index contributed by atoms with van der Waals surface area (Å²) in [7, 11) is 2.02. The number of nitrogens with one attached hydrogen (secondary N) is 1. The maximum absolute atomic E-state index is 13.2. The molecule has 1 aromatic carbocycles. The molecule has 0 aromatic heterocycles. The van der Waals surface area contributed by atoms with Crippen LogP contribution in [0.15, 0.2) is 18.2 Å². The molecule has 4 rings (SSSR count). The van der Waals surface area contributed by atoms with Crippen molar-refractivity contribution in [2.45, 2.75) is 31.6 Å². The van der Waals surface area contributed by atoms with Crippen molar-refractivity contribution in [3.05, 3.63) is 35.1 Å². The molecule has 0 spiro atoms. The molecule has 3 saturated carbocycles. The second kappa shape index (κ2) is 3.07. The second-order valence-corrected chi connectivity index (χ2v) is 5.80. The number of aryl methyl sites for hydroxylation is 1. The van der Waals surface area contributed by atoms with E-state index in [1.165, 1.54) is 24.8 Å². The molecule has 1 aromatic rings. The molecule has 3 aliphatic carbocycles. The van der Waals surface area contributed by atoms with Gasteiger partial charge in [0.15, 0.2) is 0 Å². The van der Waals surface area contributed by atoms with E-state index in [0.717, 1.165) is 12.1 Å². The lowest BCUT2D eigenvalue weighted by Crippen LogP contribution is -2.67. The third-order valence-electron chi connectivity index (χ3n) is 4.46. The van der Waals surface area contributed by atoms with Gasteiger partial charge in [-0.2, -0.15) is 0 Å². The summed E-state index contributed by atoms with van der Waals surface area (Å²) in [5, 5.41) is 3.28. The van der Waals surface area contributed by atoms with E-state index in [-0.39, 0.29) is 5.82 Å². The lowest BCUT2D eigenvalue weighted by atomic mass is 9.33. The minimum atomic E-state index is -0.0831. The fourth-order valence-corrected chi connectivity index (χ4v) is 3.84. The van der Waals surface area contributed by atoms with Crippen LogP contribution in [0.4, 0.5) is 4.39 Å². The van der Waals surface area contributed by atoms with Gasteiger partial charge in [0, 0.05) is 6.54 Å². The second-order valence-electron chi connectivity index (χ2n) is 5.80. The first-order valence-corrected chi connectivity index (χ1v) is 6.01. The third kappa shape index (κ3) is 1.20. The van der Waals surface area contributed by atoms with E-state index in [9.17, 15) is 4.39 Å². The zero-order chi connectivity index (χ0) is 11.4. The van der Waals surface area contributed by atoms with Crippen LogP contribution in [-0.2, 0) is 5.41 Å². The number of hydrogen-bond donors (Lipinski definition) is 1. The van der Waals surface area contributed by atoms with Crippen LogP contribution in [0.1, 0.15) is 30.4 Å². The first kappa shape index (κ1) is 10.3. The highest BCUT2D eigenvalue weighted by Gasteiger charge is 2.67. The van der Waals surface area contributed by atoms with Crippen LogP contribution >= 0.6 is 0 Å². The Morgan fingerprint density at radius 3 is 2.56 bits per heavy atom. The first-order chi connectivity index (χ1) is 7.59. The Balaban J connectivity index is 1.80. The summed E-state index contributed by atoms with van der Waals surface area (Å²) in [5.74, 6) is -0.0831. The normalized spacial score (nSPS) is 35.4. The molecule has 3 fully saturated rings. The predicted octanol–water partition coefficient (Wildman–Crippen LogP) is 2.78. The number of benzene rings is 1. The molecule has 0 unspecified atom stereocenters. The lowest BCUT2D eigenvalue weighted by Gasteiger charge is -2.71. The quantitative estimate of drug-likeness (QED) is 0.824. The van der Waals surface area contributed by atoms with Crippen LogP contribution < -0.4 is 5.32 Å². The average Bonchev–Trinajstić information content (AvgIpc) is 2.14. The van der Waals surface area contributed by atoms with E-state index in [1.54, 1.807) is 6.07 Å². The molecule has 0 radical (unpaired) electrons. The summed E-state index contributed by atoms with van der Waals surface area (Å²) in [6.45, 7) is 2.99. The molecule has 0 amide bonds. The minimum absolute atomic E-state index is 0.0831. The monoisotopic (exact) mass is 219 g/mol. The largest absolute Gasteiger partial charge is 0.319 e. The smallest absolute Gasteiger partial charge is 0.126 e. The maximum Gasteiger partial charge on any atom is 0.126 e. The van der Waals surface area contributed by atoms with Gasteiger partial charge in [0.2, 0.25) is 0 Å². The van der Waals surface area contributed by atoms with Crippen LogP contribution in [0.3, 0.4) is 0 Å². The van der Waals surface area contributed by atoms with Crippen molar-refractivity contribution in [3.8, 4) is 0 Å². The fourth-order valence-electron chi connectivity index (χ4n) is 3.84. The summed E-state index contributed by atoms with van der Waals surface area (Å²) < 4.78 is 13.2. The van der Waals surface area contributed by atoms with E-state index < -0.39 is 0 Å². The molecule has 0 saturated heterocycles. The average molecular weight is 219 g/mol. The molecule has 0 heterocycles.